The standard InChI is InChI=1S/C25H22F2N4O5S/c1-4-25(32)31(24-6-5-18(14-28-24)37(33,34)30-23-7-8-36-29-23)21-13-20(27)19(12-22(21)35-3)16-9-15(2)10-17(26)11-16/h5-14H,4H2,1-3H3,(H,29,30). The summed E-state index contributed by atoms with van der Waals surface area (Å²) in [6.07, 6.45) is 2.30. The number of carbonyl (C=O) groups is 1. The highest BCUT2D eigenvalue weighted by atomic mass is 32.2. The zero-order valence-electron chi connectivity index (χ0n) is 20.0. The SMILES string of the molecule is CCC(=O)N(c1ccc(S(=O)(=O)Nc2ccon2)cn1)c1cc(F)c(-c2cc(C)cc(F)c2)cc1OC. The van der Waals surface area contributed by atoms with Gasteiger partial charge in [-0.3, -0.25) is 14.4 Å². The van der Waals surface area contributed by atoms with Crippen molar-refractivity contribution in [1.82, 2.24) is 10.1 Å². The molecule has 0 spiro atoms. The van der Waals surface area contributed by atoms with Gasteiger partial charge in [0.25, 0.3) is 10.0 Å². The number of nitrogens with zero attached hydrogens (tertiary/aromatic N) is 3. The van der Waals surface area contributed by atoms with Gasteiger partial charge < -0.3 is 9.26 Å². The number of aromatic nitrogens is 2. The van der Waals surface area contributed by atoms with Gasteiger partial charge >= 0.3 is 0 Å². The summed E-state index contributed by atoms with van der Waals surface area (Å²) in [6.45, 7) is 3.30. The van der Waals surface area contributed by atoms with Crippen molar-refractivity contribution < 1.29 is 31.3 Å². The second-order valence-electron chi connectivity index (χ2n) is 7.95. The van der Waals surface area contributed by atoms with Gasteiger partial charge in [-0.1, -0.05) is 18.1 Å². The van der Waals surface area contributed by atoms with E-state index in [1.807, 2.05) is 0 Å². The lowest BCUT2D eigenvalue weighted by molar-refractivity contribution is -0.117. The lowest BCUT2D eigenvalue weighted by Crippen LogP contribution is -2.26. The van der Waals surface area contributed by atoms with E-state index in [-0.39, 0.29) is 40.0 Å². The zero-order valence-corrected chi connectivity index (χ0v) is 20.8. The van der Waals surface area contributed by atoms with E-state index in [0.29, 0.717) is 11.1 Å². The van der Waals surface area contributed by atoms with Crippen LogP contribution in [0.1, 0.15) is 18.9 Å². The van der Waals surface area contributed by atoms with Gasteiger partial charge in [0.2, 0.25) is 5.91 Å². The molecule has 192 valence electrons. The zero-order chi connectivity index (χ0) is 26.7. The molecule has 0 aliphatic heterocycles. The first-order chi connectivity index (χ1) is 17.6. The van der Waals surface area contributed by atoms with E-state index in [1.165, 1.54) is 49.8 Å². The molecule has 4 aromatic rings. The summed E-state index contributed by atoms with van der Waals surface area (Å²) in [5.41, 5.74) is 1.05. The Morgan fingerprint density at radius 1 is 1.14 bits per heavy atom. The van der Waals surface area contributed by atoms with Gasteiger partial charge in [0.05, 0.1) is 12.8 Å². The minimum Gasteiger partial charge on any atom is -0.495 e. The van der Waals surface area contributed by atoms with Crippen molar-refractivity contribution in [2.24, 2.45) is 0 Å². The average Bonchev–Trinajstić information content (AvgIpc) is 3.36. The maximum absolute atomic E-state index is 15.3. The van der Waals surface area contributed by atoms with Crippen LogP contribution >= 0.6 is 0 Å². The van der Waals surface area contributed by atoms with Crippen molar-refractivity contribution in [3.05, 3.63) is 78.2 Å². The quantitative estimate of drug-likeness (QED) is 0.334. The van der Waals surface area contributed by atoms with Gasteiger partial charge in [-0.2, -0.15) is 0 Å². The summed E-state index contributed by atoms with van der Waals surface area (Å²) >= 11 is 0. The Balaban J connectivity index is 1.75. The highest BCUT2D eigenvalue weighted by molar-refractivity contribution is 7.92. The van der Waals surface area contributed by atoms with Crippen LogP contribution in [-0.4, -0.2) is 31.6 Å². The monoisotopic (exact) mass is 528 g/mol. The van der Waals surface area contributed by atoms with Crippen molar-refractivity contribution in [2.45, 2.75) is 25.2 Å². The minimum absolute atomic E-state index is 0.0133. The highest BCUT2D eigenvalue weighted by Gasteiger charge is 2.25. The molecule has 37 heavy (non-hydrogen) atoms. The molecule has 0 fully saturated rings. The Kier molecular flexibility index (Phi) is 7.21. The van der Waals surface area contributed by atoms with Crippen LogP contribution in [0.25, 0.3) is 11.1 Å². The minimum atomic E-state index is -4.03. The largest absolute Gasteiger partial charge is 0.495 e. The van der Waals surface area contributed by atoms with Gasteiger partial charge in [-0.05, 0) is 48.4 Å². The van der Waals surface area contributed by atoms with E-state index in [0.717, 1.165) is 17.2 Å². The van der Waals surface area contributed by atoms with Gasteiger partial charge in [-0.25, -0.2) is 22.2 Å². The summed E-state index contributed by atoms with van der Waals surface area (Å²) in [6, 6.07) is 10.5. The number of amides is 1. The summed E-state index contributed by atoms with van der Waals surface area (Å²) in [5.74, 6) is -1.52. The molecule has 2 heterocycles. The fourth-order valence-corrected chi connectivity index (χ4v) is 4.60. The number of hydrogen-bond donors (Lipinski definition) is 1. The van der Waals surface area contributed by atoms with Crippen molar-refractivity contribution in [3.63, 3.8) is 0 Å². The number of ether oxygens (including phenoxy) is 1. The Bertz CT molecular complexity index is 1520. The van der Waals surface area contributed by atoms with Crippen molar-refractivity contribution in [1.29, 1.82) is 0 Å². The number of methoxy groups -OCH3 is 1. The molecule has 0 aliphatic carbocycles. The smallest absolute Gasteiger partial charge is 0.264 e. The van der Waals surface area contributed by atoms with E-state index in [2.05, 4.69) is 19.4 Å². The fraction of sp³-hybridized carbons (Fsp3) is 0.160. The third-order valence-electron chi connectivity index (χ3n) is 5.35. The fourth-order valence-electron chi connectivity index (χ4n) is 3.66. The van der Waals surface area contributed by atoms with E-state index in [9.17, 15) is 17.6 Å². The van der Waals surface area contributed by atoms with Crippen LogP contribution < -0.4 is 14.4 Å². The number of halogens is 2. The van der Waals surface area contributed by atoms with Crippen molar-refractivity contribution in [3.8, 4) is 16.9 Å². The number of rotatable bonds is 8. The summed E-state index contributed by atoms with van der Waals surface area (Å²) in [4.78, 5) is 18.0. The lowest BCUT2D eigenvalue weighted by Gasteiger charge is -2.24. The average molecular weight is 529 g/mol. The number of anilines is 3. The molecule has 2 aromatic heterocycles. The molecule has 9 nitrogen and oxygen atoms in total. The first-order valence-electron chi connectivity index (χ1n) is 11.0. The van der Waals surface area contributed by atoms with Crippen molar-refractivity contribution in [2.75, 3.05) is 16.7 Å². The number of sulfonamides is 1. The second kappa shape index (κ2) is 10.3. The molecule has 0 saturated heterocycles. The van der Waals surface area contributed by atoms with Crippen LogP contribution in [-0.2, 0) is 14.8 Å². The molecule has 4 rings (SSSR count). The lowest BCUT2D eigenvalue weighted by atomic mass is 10.0. The van der Waals surface area contributed by atoms with E-state index >= 15 is 4.39 Å². The van der Waals surface area contributed by atoms with E-state index < -0.39 is 27.6 Å². The molecule has 0 atom stereocenters. The molecule has 12 heteroatoms. The summed E-state index contributed by atoms with van der Waals surface area (Å²) in [5, 5.41) is 3.50. The van der Waals surface area contributed by atoms with Crippen LogP contribution in [0, 0.1) is 18.6 Å². The highest BCUT2D eigenvalue weighted by Crippen LogP contribution is 2.39. The molecule has 0 aliphatic rings. The Morgan fingerprint density at radius 2 is 1.92 bits per heavy atom. The molecule has 0 bridgehead atoms. The van der Waals surface area contributed by atoms with Gasteiger partial charge in [0, 0.05) is 30.3 Å². The van der Waals surface area contributed by atoms with Gasteiger partial charge in [0.15, 0.2) is 5.82 Å². The molecule has 0 radical (unpaired) electrons. The van der Waals surface area contributed by atoms with E-state index in [4.69, 9.17) is 4.74 Å². The topological polar surface area (TPSA) is 115 Å². The third kappa shape index (κ3) is 5.43. The maximum atomic E-state index is 15.3. The van der Waals surface area contributed by atoms with E-state index in [1.54, 1.807) is 19.9 Å². The number of carbonyl (C=O) groups excluding carboxylic acids is 1. The molecule has 0 unspecified atom stereocenters. The van der Waals surface area contributed by atoms with Crippen LogP contribution in [0.3, 0.4) is 0 Å². The first kappa shape index (κ1) is 25.8. The first-order valence-corrected chi connectivity index (χ1v) is 12.5. The molecule has 0 saturated carbocycles. The Labute approximate surface area is 211 Å². The number of benzene rings is 2. The third-order valence-corrected chi connectivity index (χ3v) is 6.69. The van der Waals surface area contributed by atoms with Crippen LogP contribution in [0.2, 0.25) is 0 Å². The van der Waals surface area contributed by atoms with Crippen LogP contribution in [0.15, 0.2) is 70.4 Å². The molecular formula is C25H22F2N4O5S. The predicted octanol–water partition coefficient (Wildman–Crippen LogP) is 5.21. The second-order valence-corrected chi connectivity index (χ2v) is 9.63. The van der Waals surface area contributed by atoms with Gasteiger partial charge in [0.1, 0.15) is 34.4 Å². The van der Waals surface area contributed by atoms with Gasteiger partial charge in [-0.15, -0.1) is 0 Å². The maximum Gasteiger partial charge on any atom is 0.264 e. The Morgan fingerprint density at radius 3 is 2.51 bits per heavy atom. The molecule has 1 N–H and O–H groups in total. The number of pyridine rings is 1. The van der Waals surface area contributed by atoms with Crippen LogP contribution in [0.5, 0.6) is 5.75 Å². The number of nitrogens with one attached hydrogen (secondary N) is 1. The molecule has 2 aromatic carbocycles. The number of aryl methyl sites for hydroxylation is 1. The normalized spacial score (nSPS) is 11.3. The predicted molar refractivity (Wildman–Crippen MR) is 132 cm³/mol. The van der Waals surface area contributed by atoms with Crippen LogP contribution in [0.4, 0.5) is 26.1 Å². The molecular weight excluding hydrogens is 506 g/mol. The van der Waals surface area contributed by atoms with Crippen molar-refractivity contribution >= 4 is 33.3 Å². The Hall–Kier alpha value is -4.32. The summed E-state index contributed by atoms with van der Waals surface area (Å²) < 4.78 is 66.8. The number of hydrogen-bond acceptors (Lipinski definition) is 7. The summed E-state index contributed by atoms with van der Waals surface area (Å²) in [7, 11) is -2.68. The molecule has 1 amide bonds.